The van der Waals surface area contributed by atoms with Gasteiger partial charge in [-0.25, -0.2) is 4.39 Å². The van der Waals surface area contributed by atoms with Crippen LogP contribution < -0.4 is 0 Å². The third-order valence-electron chi connectivity index (χ3n) is 2.87. The minimum atomic E-state index is -0.720. The zero-order valence-corrected chi connectivity index (χ0v) is 10.6. The van der Waals surface area contributed by atoms with Crippen molar-refractivity contribution in [2.45, 2.75) is 46.2 Å². The molecule has 0 aliphatic carbocycles. The van der Waals surface area contributed by atoms with Crippen LogP contribution in [-0.2, 0) is 4.74 Å². The highest BCUT2D eigenvalue weighted by molar-refractivity contribution is 4.85. The highest BCUT2D eigenvalue weighted by Gasteiger charge is 2.29. The monoisotopic (exact) mass is 216 g/mol. The molecule has 0 aromatic rings. The lowest BCUT2D eigenvalue weighted by Gasteiger charge is -2.32. The third kappa shape index (κ3) is 5.93. The second kappa shape index (κ2) is 7.00. The van der Waals surface area contributed by atoms with Crippen LogP contribution in [0.25, 0.3) is 0 Å². The van der Waals surface area contributed by atoms with E-state index in [0.29, 0.717) is 25.4 Å². The van der Waals surface area contributed by atoms with Crippen molar-refractivity contribution in [3.05, 3.63) is 12.7 Å². The molecular formula is C13H25FO. The lowest BCUT2D eigenvalue weighted by atomic mass is 9.77. The van der Waals surface area contributed by atoms with Crippen LogP contribution in [0.4, 0.5) is 4.39 Å². The Kier molecular flexibility index (Phi) is 6.82. The zero-order valence-electron chi connectivity index (χ0n) is 10.6. The molecule has 0 aliphatic rings. The Morgan fingerprint density at radius 2 is 2.07 bits per heavy atom. The number of ether oxygens (including phenoxy) is 1. The van der Waals surface area contributed by atoms with Crippen LogP contribution in [0.2, 0.25) is 0 Å². The zero-order chi connectivity index (χ0) is 11.9. The predicted octanol–water partition coefficient (Wildman–Crippen LogP) is 3.99. The fourth-order valence-corrected chi connectivity index (χ4v) is 2.09. The van der Waals surface area contributed by atoms with Gasteiger partial charge in [0.2, 0.25) is 0 Å². The fourth-order valence-electron chi connectivity index (χ4n) is 2.09. The Hall–Kier alpha value is -0.370. The van der Waals surface area contributed by atoms with E-state index in [0.717, 1.165) is 6.42 Å². The van der Waals surface area contributed by atoms with E-state index in [1.54, 1.807) is 7.11 Å². The van der Waals surface area contributed by atoms with Crippen molar-refractivity contribution >= 4 is 0 Å². The maximum absolute atomic E-state index is 13.4. The molecule has 0 unspecified atom stereocenters. The molecule has 0 N–H and O–H groups in total. The molecule has 15 heavy (non-hydrogen) atoms. The SMILES string of the molecule is C=C[C@H](C)C[C@](C)(COC)C[C@H](F)CC. The van der Waals surface area contributed by atoms with Gasteiger partial charge in [0.05, 0.1) is 6.61 Å². The van der Waals surface area contributed by atoms with Crippen LogP contribution >= 0.6 is 0 Å². The van der Waals surface area contributed by atoms with Crippen molar-refractivity contribution in [2.75, 3.05) is 13.7 Å². The van der Waals surface area contributed by atoms with Crippen molar-refractivity contribution in [3.8, 4) is 0 Å². The summed E-state index contributed by atoms with van der Waals surface area (Å²) in [4.78, 5) is 0. The van der Waals surface area contributed by atoms with Gasteiger partial charge in [-0.05, 0) is 30.6 Å². The van der Waals surface area contributed by atoms with Crippen molar-refractivity contribution in [2.24, 2.45) is 11.3 Å². The second-order valence-electron chi connectivity index (χ2n) is 4.87. The van der Waals surface area contributed by atoms with E-state index < -0.39 is 6.17 Å². The molecule has 0 fully saturated rings. The Labute approximate surface area is 93.7 Å². The summed E-state index contributed by atoms with van der Waals surface area (Å²) in [6.07, 6.45) is 3.30. The minimum absolute atomic E-state index is 0.0716. The number of allylic oxidation sites excluding steroid dienone is 1. The lowest BCUT2D eigenvalue weighted by molar-refractivity contribution is 0.0504. The topological polar surface area (TPSA) is 9.23 Å². The number of methoxy groups -OCH3 is 1. The van der Waals surface area contributed by atoms with E-state index in [1.165, 1.54) is 0 Å². The van der Waals surface area contributed by atoms with Gasteiger partial charge in [-0.3, -0.25) is 0 Å². The maximum Gasteiger partial charge on any atom is 0.100 e. The summed E-state index contributed by atoms with van der Waals surface area (Å²) in [5.74, 6) is 0.411. The Morgan fingerprint density at radius 3 is 2.47 bits per heavy atom. The van der Waals surface area contributed by atoms with E-state index in [4.69, 9.17) is 4.74 Å². The van der Waals surface area contributed by atoms with Crippen LogP contribution in [0.1, 0.15) is 40.0 Å². The Morgan fingerprint density at radius 1 is 1.47 bits per heavy atom. The number of hydrogen-bond acceptors (Lipinski definition) is 1. The van der Waals surface area contributed by atoms with Gasteiger partial charge in [-0.1, -0.05) is 26.8 Å². The van der Waals surface area contributed by atoms with Gasteiger partial charge in [-0.2, -0.15) is 0 Å². The summed E-state index contributed by atoms with van der Waals surface area (Å²) >= 11 is 0. The molecule has 0 spiro atoms. The average molecular weight is 216 g/mol. The van der Waals surface area contributed by atoms with Gasteiger partial charge >= 0.3 is 0 Å². The van der Waals surface area contributed by atoms with Gasteiger partial charge < -0.3 is 4.74 Å². The van der Waals surface area contributed by atoms with Crippen molar-refractivity contribution < 1.29 is 9.13 Å². The highest BCUT2D eigenvalue weighted by atomic mass is 19.1. The normalized spacial score (nSPS) is 19.3. The minimum Gasteiger partial charge on any atom is -0.384 e. The number of hydrogen-bond donors (Lipinski definition) is 0. The van der Waals surface area contributed by atoms with E-state index in [-0.39, 0.29) is 5.41 Å². The lowest BCUT2D eigenvalue weighted by Crippen LogP contribution is -2.28. The first-order valence-electron chi connectivity index (χ1n) is 5.73. The van der Waals surface area contributed by atoms with Gasteiger partial charge in [-0.15, -0.1) is 6.58 Å². The molecule has 0 aromatic carbocycles. The predicted molar refractivity (Wildman–Crippen MR) is 63.8 cm³/mol. The van der Waals surface area contributed by atoms with Crippen LogP contribution in [-0.4, -0.2) is 19.9 Å². The van der Waals surface area contributed by atoms with E-state index in [9.17, 15) is 4.39 Å². The smallest absolute Gasteiger partial charge is 0.100 e. The second-order valence-corrected chi connectivity index (χ2v) is 4.87. The Bertz CT molecular complexity index is 181. The molecule has 0 aromatic heterocycles. The van der Waals surface area contributed by atoms with Crippen LogP contribution in [0.15, 0.2) is 12.7 Å². The van der Waals surface area contributed by atoms with Crippen LogP contribution in [0, 0.1) is 11.3 Å². The molecule has 1 nitrogen and oxygen atoms in total. The van der Waals surface area contributed by atoms with Gasteiger partial charge in [0.25, 0.3) is 0 Å². The molecule has 0 saturated carbocycles. The van der Waals surface area contributed by atoms with E-state index in [1.807, 2.05) is 13.0 Å². The molecule has 0 saturated heterocycles. The van der Waals surface area contributed by atoms with Gasteiger partial charge in [0.15, 0.2) is 0 Å². The molecule has 0 aliphatic heterocycles. The fraction of sp³-hybridized carbons (Fsp3) is 0.846. The first-order valence-corrected chi connectivity index (χ1v) is 5.73. The largest absolute Gasteiger partial charge is 0.384 e. The summed E-state index contributed by atoms with van der Waals surface area (Å²) in [6.45, 7) is 10.5. The number of halogens is 1. The van der Waals surface area contributed by atoms with Crippen molar-refractivity contribution in [1.29, 1.82) is 0 Å². The summed E-state index contributed by atoms with van der Waals surface area (Å²) in [5.41, 5.74) is -0.0716. The van der Waals surface area contributed by atoms with Crippen molar-refractivity contribution in [3.63, 3.8) is 0 Å². The van der Waals surface area contributed by atoms with Gasteiger partial charge in [0.1, 0.15) is 6.17 Å². The number of alkyl halides is 1. The van der Waals surface area contributed by atoms with E-state index >= 15 is 0 Å². The standard InChI is InChI=1S/C13H25FO/c1-6-11(3)8-13(4,10-15-5)9-12(14)7-2/h6,11-12H,1,7-10H2,2-5H3/t11-,12+,13-/m0/s1. The molecule has 0 rings (SSSR count). The summed E-state index contributed by atoms with van der Waals surface area (Å²) in [7, 11) is 1.68. The maximum atomic E-state index is 13.4. The molecule has 2 heteroatoms. The Balaban J connectivity index is 4.35. The molecule has 0 heterocycles. The first-order chi connectivity index (χ1) is 6.97. The summed E-state index contributed by atoms with van der Waals surface area (Å²) < 4.78 is 18.6. The van der Waals surface area contributed by atoms with E-state index in [2.05, 4.69) is 20.4 Å². The summed E-state index contributed by atoms with van der Waals surface area (Å²) in [5, 5.41) is 0. The molecular weight excluding hydrogens is 191 g/mol. The molecule has 90 valence electrons. The van der Waals surface area contributed by atoms with Crippen molar-refractivity contribution in [1.82, 2.24) is 0 Å². The van der Waals surface area contributed by atoms with Crippen LogP contribution in [0.5, 0.6) is 0 Å². The summed E-state index contributed by atoms with van der Waals surface area (Å²) in [6, 6.07) is 0. The number of rotatable bonds is 8. The quantitative estimate of drug-likeness (QED) is 0.557. The molecule has 0 radical (unpaired) electrons. The molecule has 0 bridgehead atoms. The molecule has 3 atom stereocenters. The molecule has 0 amide bonds. The third-order valence-corrected chi connectivity index (χ3v) is 2.87. The first kappa shape index (κ1) is 14.6. The average Bonchev–Trinajstić information content (AvgIpc) is 2.17. The van der Waals surface area contributed by atoms with Crippen LogP contribution in [0.3, 0.4) is 0 Å². The highest BCUT2D eigenvalue weighted by Crippen LogP contribution is 2.33. The van der Waals surface area contributed by atoms with Gasteiger partial charge in [0, 0.05) is 7.11 Å².